The van der Waals surface area contributed by atoms with Crippen molar-refractivity contribution in [1.82, 2.24) is 0 Å². The molecule has 0 saturated heterocycles. The van der Waals surface area contributed by atoms with E-state index in [1.807, 2.05) is 0 Å². The molecule has 0 amide bonds. The maximum atomic E-state index is 12.2. The molecule has 0 aliphatic heterocycles. The van der Waals surface area contributed by atoms with E-state index in [-0.39, 0.29) is 9.79 Å². The van der Waals surface area contributed by atoms with Crippen molar-refractivity contribution in [1.29, 1.82) is 0 Å². The fraction of sp³-hybridized carbons (Fsp3) is 0.200. The monoisotopic (exact) mass is 376 g/mol. The summed E-state index contributed by atoms with van der Waals surface area (Å²) in [4.78, 5) is -0.482. The van der Waals surface area contributed by atoms with E-state index < -0.39 is 25.8 Å². The molecule has 10 heteroatoms. The second-order valence-corrected chi connectivity index (χ2v) is 8.52. The largest absolute Gasteiger partial charge is 0.298 e. The van der Waals surface area contributed by atoms with Gasteiger partial charge in [0.05, 0.1) is 9.79 Å². The van der Waals surface area contributed by atoms with E-state index in [9.17, 15) is 16.8 Å². The molecule has 0 aromatic heterocycles. The van der Waals surface area contributed by atoms with Crippen LogP contribution in [0.15, 0.2) is 58.3 Å². The quantitative estimate of drug-likeness (QED) is 0.430. The second kappa shape index (κ2) is 6.95. The maximum absolute atomic E-state index is 12.2. The molecule has 0 atom stereocenters. The second-order valence-electron chi connectivity index (χ2n) is 5.42. The van der Waals surface area contributed by atoms with Gasteiger partial charge in [0.2, 0.25) is 0 Å². The first-order valence-electron chi connectivity index (χ1n) is 7.04. The Morgan fingerprint density at radius 3 is 1.24 bits per heavy atom. The maximum Gasteiger partial charge on any atom is 0.298 e. The fourth-order valence-electron chi connectivity index (χ4n) is 1.86. The zero-order valence-corrected chi connectivity index (χ0v) is 15.2. The number of hydrogen-bond donors (Lipinski definition) is 0. The zero-order chi connectivity index (χ0) is 18.9. The van der Waals surface area contributed by atoms with Gasteiger partial charge in [-0.05, 0) is 38.1 Å². The molecule has 25 heavy (non-hydrogen) atoms. The summed E-state index contributed by atoms with van der Waals surface area (Å²) < 4.78 is 57.8. The van der Waals surface area contributed by atoms with Gasteiger partial charge in [0.25, 0.3) is 20.2 Å². The van der Waals surface area contributed by atoms with Crippen molar-refractivity contribution < 1.29 is 25.2 Å². The molecule has 0 aliphatic carbocycles. The third-order valence-corrected chi connectivity index (χ3v) is 5.76. The predicted molar refractivity (Wildman–Crippen MR) is 93.1 cm³/mol. The SMILES string of the molecule is [B]C([B])(OS(=O)(=O)c1ccc(C)cc1)OS(=O)(=O)c1ccc(C)cc1. The highest BCUT2D eigenvalue weighted by atomic mass is 32.2. The Bertz CT molecular complexity index is 871. The van der Waals surface area contributed by atoms with Crippen molar-refractivity contribution in [2.45, 2.75) is 29.2 Å². The van der Waals surface area contributed by atoms with Crippen LogP contribution in [-0.2, 0) is 28.6 Å². The Morgan fingerprint density at radius 2 is 0.960 bits per heavy atom. The molecule has 0 aliphatic rings. The van der Waals surface area contributed by atoms with E-state index in [4.69, 9.17) is 15.7 Å². The number of benzene rings is 2. The molecule has 2 aromatic rings. The van der Waals surface area contributed by atoms with E-state index in [1.54, 1.807) is 13.8 Å². The van der Waals surface area contributed by atoms with Crippen LogP contribution in [0.1, 0.15) is 11.1 Å². The Hall–Kier alpha value is -1.61. The number of hydrogen-bond acceptors (Lipinski definition) is 6. The zero-order valence-electron chi connectivity index (χ0n) is 13.5. The lowest BCUT2D eigenvalue weighted by Crippen LogP contribution is -2.41. The van der Waals surface area contributed by atoms with E-state index in [2.05, 4.69) is 8.37 Å². The van der Waals surface area contributed by atoms with Crippen LogP contribution >= 0.6 is 0 Å². The lowest BCUT2D eigenvalue weighted by molar-refractivity contribution is 0.0481. The first kappa shape index (κ1) is 19.7. The van der Waals surface area contributed by atoms with E-state index in [1.165, 1.54) is 48.5 Å². The Morgan fingerprint density at radius 1 is 0.680 bits per heavy atom. The molecular formula is C15H14B2O6S2. The molecule has 0 bridgehead atoms. The molecule has 128 valence electrons. The van der Waals surface area contributed by atoms with Gasteiger partial charge in [-0.1, -0.05) is 35.4 Å². The highest BCUT2D eigenvalue weighted by Gasteiger charge is 2.33. The van der Waals surface area contributed by atoms with Gasteiger partial charge in [0.1, 0.15) is 21.3 Å². The van der Waals surface area contributed by atoms with Crippen LogP contribution in [0.3, 0.4) is 0 Å². The molecule has 0 spiro atoms. The van der Waals surface area contributed by atoms with Gasteiger partial charge in [-0.3, -0.25) is 8.37 Å². The summed E-state index contributed by atoms with van der Waals surface area (Å²) in [6.45, 7) is 3.54. The third kappa shape index (κ3) is 5.18. The fourth-order valence-corrected chi connectivity index (χ4v) is 3.79. The molecule has 2 aromatic carbocycles. The molecule has 0 unspecified atom stereocenters. The standard InChI is InChI=1S/C15H14B2O6S2/c1-11-3-7-13(8-4-11)24(18,19)22-15(16,17)23-25(20,21)14-9-5-12(2)6-10-14/h3-10H,1-2H3. The average Bonchev–Trinajstić information content (AvgIpc) is 2.45. The molecular weight excluding hydrogens is 362 g/mol. The van der Waals surface area contributed by atoms with E-state index in [0.29, 0.717) is 0 Å². The van der Waals surface area contributed by atoms with Gasteiger partial charge in [-0.15, -0.1) is 0 Å². The third-order valence-electron chi connectivity index (χ3n) is 3.10. The van der Waals surface area contributed by atoms with E-state index >= 15 is 0 Å². The predicted octanol–water partition coefficient (Wildman–Crippen LogP) is 1.36. The van der Waals surface area contributed by atoms with Crippen LogP contribution in [0.25, 0.3) is 0 Å². The van der Waals surface area contributed by atoms with Crippen LogP contribution in [-0.4, -0.2) is 38.1 Å². The minimum atomic E-state index is -4.44. The van der Waals surface area contributed by atoms with Crippen molar-refractivity contribution in [2.75, 3.05) is 0 Å². The summed E-state index contributed by atoms with van der Waals surface area (Å²) in [6, 6.07) is 11.2. The Labute approximate surface area is 150 Å². The van der Waals surface area contributed by atoms with Crippen LogP contribution in [0.5, 0.6) is 0 Å². The topological polar surface area (TPSA) is 86.7 Å². The van der Waals surface area contributed by atoms with Crippen molar-refractivity contribution in [3.05, 3.63) is 59.7 Å². The summed E-state index contributed by atoms with van der Waals surface area (Å²) in [7, 11) is 1.93. The van der Waals surface area contributed by atoms with Gasteiger partial charge in [-0.25, -0.2) is 0 Å². The average molecular weight is 376 g/mol. The van der Waals surface area contributed by atoms with Crippen LogP contribution in [0.4, 0.5) is 0 Å². The molecule has 0 N–H and O–H groups in total. The normalized spacial score (nSPS) is 12.9. The summed E-state index contributed by atoms with van der Waals surface area (Å²) in [5.74, 6) is 0. The van der Waals surface area contributed by atoms with E-state index in [0.717, 1.165) is 11.1 Å². The van der Waals surface area contributed by atoms with Gasteiger partial charge >= 0.3 is 0 Å². The first-order chi connectivity index (χ1) is 11.4. The highest BCUT2D eigenvalue weighted by Crippen LogP contribution is 2.23. The van der Waals surface area contributed by atoms with Crippen molar-refractivity contribution in [2.24, 2.45) is 0 Å². The minimum Gasteiger partial charge on any atom is -0.252 e. The smallest absolute Gasteiger partial charge is 0.252 e. The molecule has 0 fully saturated rings. The van der Waals surface area contributed by atoms with Crippen molar-refractivity contribution in [3.8, 4) is 0 Å². The van der Waals surface area contributed by atoms with Gasteiger partial charge < -0.3 is 0 Å². The lowest BCUT2D eigenvalue weighted by atomic mass is 9.77. The molecule has 2 rings (SSSR count). The van der Waals surface area contributed by atoms with Crippen molar-refractivity contribution >= 4 is 35.9 Å². The number of aryl methyl sites for hydroxylation is 2. The number of rotatable bonds is 6. The van der Waals surface area contributed by atoms with Crippen LogP contribution in [0, 0.1) is 13.8 Å². The minimum absolute atomic E-state index is 0.241. The van der Waals surface area contributed by atoms with Gasteiger partial charge in [0.15, 0.2) is 0 Å². The molecule has 0 heterocycles. The van der Waals surface area contributed by atoms with Crippen LogP contribution in [0.2, 0.25) is 0 Å². The molecule has 6 nitrogen and oxygen atoms in total. The summed E-state index contributed by atoms with van der Waals surface area (Å²) in [5, 5.41) is 0. The molecule has 4 radical (unpaired) electrons. The summed E-state index contributed by atoms with van der Waals surface area (Å²) in [5.41, 5.74) is -1.26. The van der Waals surface area contributed by atoms with Gasteiger partial charge in [0, 0.05) is 0 Å². The highest BCUT2D eigenvalue weighted by molar-refractivity contribution is 7.87. The Kier molecular flexibility index (Phi) is 5.48. The first-order valence-corrected chi connectivity index (χ1v) is 9.85. The van der Waals surface area contributed by atoms with Gasteiger partial charge in [-0.2, -0.15) is 16.8 Å². The summed E-state index contributed by atoms with van der Waals surface area (Å²) in [6.07, 6.45) is 0. The van der Waals surface area contributed by atoms with Crippen molar-refractivity contribution in [3.63, 3.8) is 0 Å². The lowest BCUT2D eigenvalue weighted by Gasteiger charge is -2.25. The summed E-state index contributed by atoms with van der Waals surface area (Å²) >= 11 is 0. The van der Waals surface area contributed by atoms with Crippen LogP contribution < -0.4 is 0 Å². The molecule has 0 saturated carbocycles. The Balaban J connectivity index is 2.23.